The third-order valence-corrected chi connectivity index (χ3v) is 4.89. The molecular formula is C17H19N3O5. The number of ether oxygens (including phenoxy) is 2. The fraction of sp³-hybridized carbons (Fsp3) is 0.471. The fourth-order valence-corrected chi connectivity index (χ4v) is 3.55. The molecule has 2 aliphatic heterocycles. The van der Waals surface area contributed by atoms with E-state index in [0.717, 1.165) is 24.3 Å². The minimum Gasteiger partial charge on any atom is -0.485 e. The normalized spacial score (nSPS) is 24.2. The number of carbonyl (C=O) groups excluding carboxylic acids is 3. The summed E-state index contributed by atoms with van der Waals surface area (Å²) in [5.74, 6) is 0.0195. The number of amides is 4. The van der Waals surface area contributed by atoms with Crippen LogP contribution in [-0.4, -0.2) is 41.1 Å². The topological polar surface area (TPSA) is 97.0 Å². The monoisotopic (exact) mass is 345 g/mol. The smallest absolute Gasteiger partial charge is 0.344 e. The first-order valence-corrected chi connectivity index (χ1v) is 8.45. The lowest BCUT2D eigenvalue weighted by Gasteiger charge is -2.30. The summed E-state index contributed by atoms with van der Waals surface area (Å²) in [6, 6.07) is 6.41. The van der Waals surface area contributed by atoms with Crippen LogP contribution in [0.3, 0.4) is 0 Å². The van der Waals surface area contributed by atoms with Crippen LogP contribution in [0.25, 0.3) is 0 Å². The SMILES string of the molecule is O=C(NN1C(=O)NC2(CCCCC2)C1=O)[C@@H]1COc2ccccc2O1. The largest absolute Gasteiger partial charge is 0.485 e. The van der Waals surface area contributed by atoms with Crippen LogP contribution in [0.2, 0.25) is 0 Å². The van der Waals surface area contributed by atoms with Crippen molar-refractivity contribution in [3.8, 4) is 11.5 Å². The van der Waals surface area contributed by atoms with Gasteiger partial charge in [0.1, 0.15) is 12.1 Å². The van der Waals surface area contributed by atoms with Gasteiger partial charge in [-0.05, 0) is 25.0 Å². The summed E-state index contributed by atoms with van der Waals surface area (Å²) in [5, 5.41) is 3.52. The van der Waals surface area contributed by atoms with Crippen molar-refractivity contribution in [2.75, 3.05) is 6.61 Å². The van der Waals surface area contributed by atoms with Gasteiger partial charge >= 0.3 is 6.03 Å². The van der Waals surface area contributed by atoms with Crippen molar-refractivity contribution in [1.29, 1.82) is 0 Å². The molecular weight excluding hydrogens is 326 g/mol. The maximum atomic E-state index is 12.7. The molecule has 1 saturated heterocycles. The highest BCUT2D eigenvalue weighted by molar-refractivity contribution is 6.08. The van der Waals surface area contributed by atoms with Crippen LogP contribution in [0.4, 0.5) is 4.79 Å². The van der Waals surface area contributed by atoms with Gasteiger partial charge in [0.25, 0.3) is 11.8 Å². The highest BCUT2D eigenvalue weighted by atomic mass is 16.6. The number of nitrogens with zero attached hydrogens (tertiary/aromatic N) is 1. The summed E-state index contributed by atoms with van der Waals surface area (Å²) in [6.07, 6.45) is 3.07. The lowest BCUT2D eigenvalue weighted by atomic mass is 9.82. The molecule has 1 saturated carbocycles. The summed E-state index contributed by atoms with van der Waals surface area (Å²) >= 11 is 0. The zero-order valence-corrected chi connectivity index (χ0v) is 13.6. The number of rotatable bonds is 2. The van der Waals surface area contributed by atoms with E-state index in [9.17, 15) is 14.4 Å². The zero-order chi connectivity index (χ0) is 17.4. The maximum Gasteiger partial charge on any atom is 0.344 e. The molecule has 1 aromatic rings. The van der Waals surface area contributed by atoms with Crippen LogP contribution in [0.1, 0.15) is 32.1 Å². The summed E-state index contributed by atoms with van der Waals surface area (Å²) < 4.78 is 11.1. The van der Waals surface area contributed by atoms with Crippen molar-refractivity contribution in [2.45, 2.75) is 43.7 Å². The second-order valence-corrected chi connectivity index (χ2v) is 6.55. The molecule has 1 atom stereocenters. The number of hydrazine groups is 1. The molecule has 25 heavy (non-hydrogen) atoms. The molecule has 8 heteroatoms. The molecule has 0 bridgehead atoms. The zero-order valence-electron chi connectivity index (χ0n) is 13.6. The minimum absolute atomic E-state index is 0.0115. The van der Waals surface area contributed by atoms with Gasteiger partial charge in [-0.2, -0.15) is 5.01 Å². The molecule has 1 aliphatic carbocycles. The second-order valence-electron chi connectivity index (χ2n) is 6.55. The third kappa shape index (κ3) is 2.67. The van der Waals surface area contributed by atoms with Crippen LogP contribution in [0, 0.1) is 0 Å². The van der Waals surface area contributed by atoms with E-state index in [1.54, 1.807) is 24.3 Å². The molecule has 4 rings (SSSR count). The number of fused-ring (bicyclic) bond motifs is 1. The molecule has 4 amide bonds. The summed E-state index contributed by atoms with van der Waals surface area (Å²) in [4.78, 5) is 37.3. The molecule has 0 unspecified atom stereocenters. The first kappa shape index (κ1) is 15.7. The van der Waals surface area contributed by atoms with E-state index in [2.05, 4.69) is 10.7 Å². The van der Waals surface area contributed by atoms with Gasteiger partial charge in [-0.25, -0.2) is 4.79 Å². The van der Waals surface area contributed by atoms with Crippen molar-refractivity contribution in [3.05, 3.63) is 24.3 Å². The Morgan fingerprint density at radius 1 is 1.16 bits per heavy atom. The number of hydrogen-bond donors (Lipinski definition) is 2. The van der Waals surface area contributed by atoms with Gasteiger partial charge in [-0.15, -0.1) is 0 Å². The molecule has 2 heterocycles. The molecule has 2 fully saturated rings. The maximum absolute atomic E-state index is 12.7. The van der Waals surface area contributed by atoms with E-state index in [-0.39, 0.29) is 6.61 Å². The highest BCUT2D eigenvalue weighted by Gasteiger charge is 2.52. The minimum atomic E-state index is -0.932. The first-order chi connectivity index (χ1) is 12.1. The number of urea groups is 1. The molecule has 3 aliphatic rings. The van der Waals surface area contributed by atoms with Crippen LogP contribution in [-0.2, 0) is 9.59 Å². The predicted molar refractivity (Wildman–Crippen MR) is 85.7 cm³/mol. The average molecular weight is 345 g/mol. The number of imide groups is 1. The van der Waals surface area contributed by atoms with Crippen LogP contribution >= 0.6 is 0 Å². The fourth-order valence-electron chi connectivity index (χ4n) is 3.55. The first-order valence-electron chi connectivity index (χ1n) is 8.45. The Balaban J connectivity index is 1.44. The van der Waals surface area contributed by atoms with Gasteiger partial charge in [-0.3, -0.25) is 15.0 Å². The van der Waals surface area contributed by atoms with E-state index in [1.165, 1.54) is 0 Å². The number of nitrogens with one attached hydrogen (secondary N) is 2. The van der Waals surface area contributed by atoms with E-state index in [4.69, 9.17) is 9.47 Å². The Bertz CT molecular complexity index is 729. The average Bonchev–Trinajstić information content (AvgIpc) is 2.86. The van der Waals surface area contributed by atoms with Crippen LogP contribution in [0.5, 0.6) is 11.5 Å². The molecule has 1 spiro atoms. The Labute approximate surface area is 144 Å². The Hall–Kier alpha value is -2.77. The summed E-state index contributed by atoms with van der Waals surface area (Å²) in [6.45, 7) is 0.0115. The van der Waals surface area contributed by atoms with Gasteiger partial charge in [0.15, 0.2) is 11.5 Å². The van der Waals surface area contributed by atoms with E-state index in [0.29, 0.717) is 24.3 Å². The van der Waals surface area contributed by atoms with Crippen LogP contribution in [0.15, 0.2) is 24.3 Å². The molecule has 0 radical (unpaired) electrons. The second kappa shape index (κ2) is 5.94. The standard InChI is InChI=1S/C17H19N3O5/c21-14(13-10-24-11-6-2-3-7-12(11)25-13)19-20-15(22)17(18-16(20)23)8-4-1-5-9-17/h2-3,6-7,13H,1,4-5,8-10H2,(H,18,23)(H,19,21)/t13-/m0/s1. The lowest BCUT2D eigenvalue weighted by molar-refractivity contribution is -0.143. The number of hydrogen-bond acceptors (Lipinski definition) is 5. The Kier molecular flexibility index (Phi) is 3.74. The van der Waals surface area contributed by atoms with Gasteiger partial charge in [0.05, 0.1) is 0 Å². The van der Waals surface area contributed by atoms with Crippen LogP contribution < -0.4 is 20.2 Å². The van der Waals surface area contributed by atoms with Gasteiger partial charge in [-0.1, -0.05) is 31.4 Å². The van der Waals surface area contributed by atoms with Crippen molar-refractivity contribution >= 4 is 17.8 Å². The predicted octanol–water partition coefficient (Wildman–Crippen LogP) is 1.11. The van der Waals surface area contributed by atoms with Crippen molar-refractivity contribution in [1.82, 2.24) is 15.8 Å². The van der Waals surface area contributed by atoms with Crippen molar-refractivity contribution < 1.29 is 23.9 Å². The van der Waals surface area contributed by atoms with Crippen molar-refractivity contribution in [2.24, 2.45) is 0 Å². The Morgan fingerprint density at radius 3 is 2.64 bits per heavy atom. The quantitative estimate of drug-likeness (QED) is 0.783. The summed E-state index contributed by atoms with van der Waals surface area (Å²) in [5.41, 5.74) is 1.50. The third-order valence-electron chi connectivity index (χ3n) is 4.89. The van der Waals surface area contributed by atoms with E-state index < -0.39 is 29.5 Å². The van der Waals surface area contributed by atoms with Gasteiger partial charge in [0, 0.05) is 0 Å². The molecule has 132 valence electrons. The molecule has 8 nitrogen and oxygen atoms in total. The number of carbonyl (C=O) groups is 3. The van der Waals surface area contributed by atoms with E-state index in [1.807, 2.05) is 0 Å². The molecule has 2 N–H and O–H groups in total. The molecule has 1 aromatic carbocycles. The lowest BCUT2D eigenvalue weighted by Crippen LogP contribution is -2.54. The highest BCUT2D eigenvalue weighted by Crippen LogP contribution is 2.33. The summed E-state index contributed by atoms with van der Waals surface area (Å²) in [7, 11) is 0. The van der Waals surface area contributed by atoms with E-state index >= 15 is 0 Å². The van der Waals surface area contributed by atoms with Crippen molar-refractivity contribution in [3.63, 3.8) is 0 Å². The van der Waals surface area contributed by atoms with Gasteiger partial charge < -0.3 is 14.8 Å². The van der Waals surface area contributed by atoms with Gasteiger partial charge in [0.2, 0.25) is 6.10 Å². The number of benzene rings is 1. The number of para-hydroxylation sites is 2. The Morgan fingerprint density at radius 2 is 1.88 bits per heavy atom. The molecule has 0 aromatic heterocycles.